The Hall–Kier alpha value is -1.42. The Morgan fingerprint density at radius 2 is 2.20 bits per heavy atom. The predicted molar refractivity (Wildman–Crippen MR) is 55.5 cm³/mol. The molecular weight excluding hydrogens is 192 g/mol. The third-order valence-electron chi connectivity index (χ3n) is 2.78. The van der Waals surface area contributed by atoms with Gasteiger partial charge in [-0.25, -0.2) is 0 Å². The summed E-state index contributed by atoms with van der Waals surface area (Å²) in [5, 5.41) is 0. The average molecular weight is 206 g/mol. The summed E-state index contributed by atoms with van der Waals surface area (Å²) < 4.78 is 5.29. The van der Waals surface area contributed by atoms with Crippen molar-refractivity contribution in [2.45, 2.75) is 18.8 Å². The lowest BCUT2D eigenvalue weighted by Gasteiger charge is -2.23. The quantitative estimate of drug-likeness (QED) is 0.787. The van der Waals surface area contributed by atoms with Gasteiger partial charge in [-0.2, -0.15) is 0 Å². The van der Waals surface area contributed by atoms with Crippen molar-refractivity contribution in [3.05, 3.63) is 29.6 Å². The van der Waals surface area contributed by atoms with Crippen LogP contribution >= 0.6 is 0 Å². The van der Waals surface area contributed by atoms with E-state index in [0.717, 1.165) is 31.6 Å². The van der Waals surface area contributed by atoms with Crippen LogP contribution in [-0.4, -0.2) is 24.1 Å². The number of aromatic nitrogens is 1. The number of pyridine rings is 1. The zero-order valence-electron chi connectivity index (χ0n) is 8.48. The summed E-state index contributed by atoms with van der Waals surface area (Å²) in [7, 11) is 0. The molecule has 2 heterocycles. The van der Waals surface area contributed by atoms with E-state index in [1.165, 1.54) is 0 Å². The lowest BCUT2D eigenvalue weighted by Crippen LogP contribution is -2.20. The fourth-order valence-corrected chi connectivity index (χ4v) is 1.98. The topological polar surface area (TPSA) is 65.2 Å². The molecule has 0 bridgehead atoms. The van der Waals surface area contributed by atoms with E-state index in [2.05, 4.69) is 4.98 Å². The molecule has 0 radical (unpaired) electrons. The summed E-state index contributed by atoms with van der Waals surface area (Å²) in [6.07, 6.45) is 5.15. The second-order valence-electron chi connectivity index (χ2n) is 3.71. The number of hydrogen-bond acceptors (Lipinski definition) is 3. The second-order valence-corrected chi connectivity index (χ2v) is 3.71. The standard InChI is InChI=1S/C11H14N2O2/c12-11(14)10-7-13-4-1-9(10)8-2-5-15-6-3-8/h1,4,7-8H,2-3,5-6H2,(H2,12,14). The molecule has 1 aliphatic rings. The van der Waals surface area contributed by atoms with Crippen LogP contribution in [0, 0.1) is 0 Å². The fourth-order valence-electron chi connectivity index (χ4n) is 1.98. The Morgan fingerprint density at radius 3 is 2.87 bits per heavy atom. The van der Waals surface area contributed by atoms with Gasteiger partial charge >= 0.3 is 0 Å². The van der Waals surface area contributed by atoms with Crippen molar-refractivity contribution in [3.8, 4) is 0 Å². The van der Waals surface area contributed by atoms with Gasteiger partial charge in [0.25, 0.3) is 5.91 Å². The van der Waals surface area contributed by atoms with Crippen molar-refractivity contribution < 1.29 is 9.53 Å². The van der Waals surface area contributed by atoms with E-state index in [1.807, 2.05) is 6.07 Å². The molecule has 1 aromatic rings. The molecule has 1 amide bonds. The third kappa shape index (κ3) is 2.15. The minimum atomic E-state index is -0.399. The molecule has 0 atom stereocenters. The summed E-state index contributed by atoms with van der Waals surface area (Å²) in [6, 6.07) is 1.88. The van der Waals surface area contributed by atoms with Crippen LogP contribution < -0.4 is 5.73 Å². The smallest absolute Gasteiger partial charge is 0.250 e. The Kier molecular flexibility index (Phi) is 2.97. The summed E-state index contributed by atoms with van der Waals surface area (Å²) in [6.45, 7) is 1.51. The zero-order valence-corrected chi connectivity index (χ0v) is 8.48. The van der Waals surface area contributed by atoms with Gasteiger partial charge in [0.05, 0.1) is 5.56 Å². The Bertz CT molecular complexity index is 359. The van der Waals surface area contributed by atoms with E-state index in [1.54, 1.807) is 12.4 Å². The van der Waals surface area contributed by atoms with E-state index < -0.39 is 5.91 Å². The van der Waals surface area contributed by atoms with E-state index in [0.29, 0.717) is 11.5 Å². The Morgan fingerprint density at radius 1 is 1.47 bits per heavy atom. The van der Waals surface area contributed by atoms with Gasteiger partial charge in [-0.15, -0.1) is 0 Å². The minimum Gasteiger partial charge on any atom is -0.381 e. The molecule has 1 aliphatic heterocycles. The number of ether oxygens (including phenoxy) is 1. The van der Waals surface area contributed by atoms with Crippen LogP contribution in [0.3, 0.4) is 0 Å². The summed E-state index contributed by atoms with van der Waals surface area (Å²) in [5.74, 6) is -0.0196. The van der Waals surface area contributed by atoms with Crippen molar-refractivity contribution in [2.24, 2.45) is 5.73 Å². The van der Waals surface area contributed by atoms with Gasteiger partial charge < -0.3 is 10.5 Å². The van der Waals surface area contributed by atoms with Crippen LogP contribution in [0.25, 0.3) is 0 Å². The highest BCUT2D eigenvalue weighted by atomic mass is 16.5. The number of nitrogens with zero attached hydrogens (tertiary/aromatic N) is 1. The first-order chi connectivity index (χ1) is 7.29. The maximum atomic E-state index is 11.2. The van der Waals surface area contributed by atoms with Crippen LogP contribution in [0.5, 0.6) is 0 Å². The lowest BCUT2D eigenvalue weighted by atomic mass is 9.89. The second kappa shape index (κ2) is 4.40. The molecule has 0 saturated carbocycles. The molecule has 0 aromatic carbocycles. The molecule has 0 aliphatic carbocycles. The number of rotatable bonds is 2. The molecule has 1 saturated heterocycles. The van der Waals surface area contributed by atoms with Crippen LogP contribution in [0.15, 0.2) is 18.5 Å². The normalized spacial score (nSPS) is 17.6. The first kappa shape index (κ1) is 10.1. The molecule has 2 N–H and O–H groups in total. The minimum absolute atomic E-state index is 0.379. The number of primary amides is 1. The number of carbonyl (C=O) groups excluding carboxylic acids is 1. The van der Waals surface area contributed by atoms with Crippen molar-refractivity contribution >= 4 is 5.91 Å². The fraction of sp³-hybridized carbons (Fsp3) is 0.455. The molecule has 0 spiro atoms. The molecule has 1 aromatic heterocycles. The van der Waals surface area contributed by atoms with E-state index in [9.17, 15) is 4.79 Å². The largest absolute Gasteiger partial charge is 0.381 e. The monoisotopic (exact) mass is 206 g/mol. The summed E-state index contributed by atoms with van der Waals surface area (Å²) in [4.78, 5) is 15.1. The van der Waals surface area contributed by atoms with Crippen molar-refractivity contribution in [3.63, 3.8) is 0 Å². The van der Waals surface area contributed by atoms with Gasteiger partial charge in [0.1, 0.15) is 0 Å². The molecule has 15 heavy (non-hydrogen) atoms. The van der Waals surface area contributed by atoms with Crippen molar-refractivity contribution in [2.75, 3.05) is 13.2 Å². The first-order valence-corrected chi connectivity index (χ1v) is 5.10. The molecule has 4 nitrogen and oxygen atoms in total. The van der Waals surface area contributed by atoms with Crippen molar-refractivity contribution in [1.82, 2.24) is 4.98 Å². The van der Waals surface area contributed by atoms with Crippen LogP contribution in [0.1, 0.15) is 34.7 Å². The first-order valence-electron chi connectivity index (χ1n) is 5.10. The SMILES string of the molecule is NC(=O)c1cnccc1C1CCOCC1. The summed E-state index contributed by atoms with van der Waals surface area (Å²) in [5.41, 5.74) is 6.87. The highest BCUT2D eigenvalue weighted by Gasteiger charge is 2.20. The van der Waals surface area contributed by atoms with Gasteiger partial charge in [-0.05, 0) is 30.4 Å². The zero-order chi connectivity index (χ0) is 10.7. The Labute approximate surface area is 88.4 Å². The van der Waals surface area contributed by atoms with Gasteiger partial charge in [-0.1, -0.05) is 0 Å². The number of hydrogen-bond donors (Lipinski definition) is 1. The predicted octanol–water partition coefficient (Wildman–Crippen LogP) is 1.07. The van der Waals surface area contributed by atoms with E-state index >= 15 is 0 Å². The highest BCUT2D eigenvalue weighted by molar-refractivity contribution is 5.94. The molecule has 0 unspecified atom stereocenters. The molecule has 4 heteroatoms. The van der Waals surface area contributed by atoms with Crippen LogP contribution in [-0.2, 0) is 4.74 Å². The van der Waals surface area contributed by atoms with E-state index in [-0.39, 0.29) is 0 Å². The van der Waals surface area contributed by atoms with Gasteiger partial charge in [-0.3, -0.25) is 9.78 Å². The third-order valence-corrected chi connectivity index (χ3v) is 2.78. The summed E-state index contributed by atoms with van der Waals surface area (Å²) >= 11 is 0. The highest BCUT2D eigenvalue weighted by Crippen LogP contribution is 2.28. The van der Waals surface area contributed by atoms with E-state index in [4.69, 9.17) is 10.5 Å². The maximum absolute atomic E-state index is 11.2. The van der Waals surface area contributed by atoms with Gasteiger partial charge in [0.15, 0.2) is 0 Å². The maximum Gasteiger partial charge on any atom is 0.250 e. The molecular formula is C11H14N2O2. The van der Waals surface area contributed by atoms with Crippen LogP contribution in [0.2, 0.25) is 0 Å². The van der Waals surface area contributed by atoms with Crippen molar-refractivity contribution in [1.29, 1.82) is 0 Å². The van der Waals surface area contributed by atoms with Gasteiger partial charge in [0, 0.05) is 25.6 Å². The number of nitrogens with two attached hydrogens (primary N) is 1. The number of carbonyl (C=O) groups is 1. The Balaban J connectivity index is 2.29. The average Bonchev–Trinajstić information content (AvgIpc) is 2.30. The lowest BCUT2D eigenvalue weighted by molar-refractivity contribution is 0.0844. The molecule has 1 fully saturated rings. The molecule has 80 valence electrons. The van der Waals surface area contributed by atoms with Crippen LogP contribution in [0.4, 0.5) is 0 Å². The molecule has 2 rings (SSSR count). The number of amides is 1. The van der Waals surface area contributed by atoms with Gasteiger partial charge in [0.2, 0.25) is 0 Å².